The number of ether oxygens (including phenoxy) is 3. The topological polar surface area (TPSA) is 128 Å². The predicted molar refractivity (Wildman–Crippen MR) is 157 cm³/mol. The molecule has 0 saturated heterocycles. The van der Waals surface area contributed by atoms with Crippen LogP contribution in [0.1, 0.15) is 31.1 Å². The largest absolute Gasteiger partial charge is 0.494 e. The summed E-state index contributed by atoms with van der Waals surface area (Å²) in [5.41, 5.74) is 2.14. The Kier molecular flexibility index (Phi) is 9.81. The van der Waals surface area contributed by atoms with Crippen LogP contribution in [0, 0.1) is 5.82 Å². The minimum absolute atomic E-state index is 0.156. The van der Waals surface area contributed by atoms with E-state index in [-0.39, 0.29) is 43.0 Å². The third-order valence-electron chi connectivity index (χ3n) is 5.80. The molecule has 222 valence electrons. The van der Waals surface area contributed by atoms with Crippen LogP contribution >= 0.6 is 11.6 Å². The molecule has 2 heterocycles. The van der Waals surface area contributed by atoms with Gasteiger partial charge in [-0.1, -0.05) is 11.6 Å². The van der Waals surface area contributed by atoms with Crippen molar-refractivity contribution < 1.29 is 28.2 Å². The van der Waals surface area contributed by atoms with E-state index in [0.29, 0.717) is 34.0 Å². The van der Waals surface area contributed by atoms with Crippen molar-refractivity contribution in [1.82, 2.24) is 25.0 Å². The number of halogens is 2. The van der Waals surface area contributed by atoms with Crippen molar-refractivity contribution in [3.63, 3.8) is 0 Å². The summed E-state index contributed by atoms with van der Waals surface area (Å²) >= 11 is 6.42. The van der Waals surface area contributed by atoms with Gasteiger partial charge in [-0.2, -0.15) is 0 Å². The molecule has 2 aromatic heterocycles. The maximum atomic E-state index is 14.3. The Hall–Kier alpha value is -4.42. The molecule has 0 unspecified atom stereocenters. The number of nitrogens with one attached hydrogen (secondary N) is 3. The average molecular weight is 599 g/mol. The summed E-state index contributed by atoms with van der Waals surface area (Å²) in [6.07, 6.45) is 4.44. The number of benzene rings is 2. The predicted octanol–water partition coefficient (Wildman–Crippen LogP) is 5.21. The number of carbonyl (C=O) groups is 2. The maximum absolute atomic E-state index is 14.3. The second-order valence-corrected chi connectivity index (χ2v) is 10.5. The highest BCUT2D eigenvalue weighted by atomic mass is 35.5. The van der Waals surface area contributed by atoms with Crippen molar-refractivity contribution in [2.24, 2.45) is 0 Å². The second-order valence-electron chi connectivity index (χ2n) is 10.1. The van der Waals surface area contributed by atoms with Gasteiger partial charge < -0.3 is 30.2 Å². The minimum Gasteiger partial charge on any atom is -0.494 e. The molecule has 3 N–H and O–H groups in total. The Bertz CT molecular complexity index is 1570. The molecule has 0 saturated carbocycles. The van der Waals surface area contributed by atoms with E-state index in [1.165, 1.54) is 13.2 Å². The van der Waals surface area contributed by atoms with E-state index in [1.54, 1.807) is 74.1 Å². The van der Waals surface area contributed by atoms with Crippen molar-refractivity contribution in [3.05, 3.63) is 71.4 Å². The summed E-state index contributed by atoms with van der Waals surface area (Å²) in [6, 6.07) is 9.61. The fourth-order valence-electron chi connectivity index (χ4n) is 3.93. The zero-order valence-corrected chi connectivity index (χ0v) is 24.4. The smallest absolute Gasteiger partial charge is 0.407 e. The number of anilines is 2. The van der Waals surface area contributed by atoms with Gasteiger partial charge in [-0.15, -0.1) is 0 Å². The first-order valence-corrected chi connectivity index (χ1v) is 13.5. The zero-order valence-electron chi connectivity index (χ0n) is 23.7. The number of methoxy groups -OCH3 is 1. The molecule has 0 fully saturated rings. The molecule has 0 aliphatic carbocycles. The van der Waals surface area contributed by atoms with E-state index in [9.17, 15) is 14.0 Å². The van der Waals surface area contributed by atoms with E-state index in [1.807, 2.05) is 0 Å². The molecule has 2 aromatic carbocycles. The van der Waals surface area contributed by atoms with Gasteiger partial charge in [0.2, 0.25) is 0 Å². The van der Waals surface area contributed by atoms with E-state index in [4.69, 9.17) is 25.8 Å². The van der Waals surface area contributed by atoms with Crippen LogP contribution in [-0.4, -0.2) is 65.4 Å². The van der Waals surface area contributed by atoms with Gasteiger partial charge in [0, 0.05) is 36.7 Å². The van der Waals surface area contributed by atoms with Crippen molar-refractivity contribution in [1.29, 1.82) is 0 Å². The Morgan fingerprint density at radius 2 is 1.81 bits per heavy atom. The Labute approximate surface area is 247 Å². The van der Waals surface area contributed by atoms with Crippen LogP contribution in [0.5, 0.6) is 5.75 Å². The Morgan fingerprint density at radius 1 is 1.05 bits per heavy atom. The van der Waals surface area contributed by atoms with Crippen LogP contribution in [0.25, 0.3) is 16.9 Å². The summed E-state index contributed by atoms with van der Waals surface area (Å²) in [7, 11) is 1.41. The molecule has 2 amide bonds. The van der Waals surface area contributed by atoms with E-state index in [0.717, 1.165) is 0 Å². The fourth-order valence-corrected chi connectivity index (χ4v) is 4.20. The van der Waals surface area contributed by atoms with Gasteiger partial charge in [-0.05, 0) is 57.2 Å². The molecular weight excluding hydrogens is 567 g/mol. The van der Waals surface area contributed by atoms with Crippen molar-refractivity contribution in [3.8, 4) is 17.0 Å². The molecule has 42 heavy (non-hydrogen) atoms. The number of amides is 2. The first-order chi connectivity index (χ1) is 20.1. The van der Waals surface area contributed by atoms with Crippen LogP contribution in [0.2, 0.25) is 5.02 Å². The number of fused-ring (bicyclic) bond motifs is 1. The second kappa shape index (κ2) is 13.5. The first-order valence-electron chi connectivity index (χ1n) is 13.1. The molecule has 0 bridgehead atoms. The molecule has 0 aliphatic heterocycles. The van der Waals surface area contributed by atoms with Crippen molar-refractivity contribution in [2.45, 2.75) is 26.4 Å². The van der Waals surface area contributed by atoms with Crippen LogP contribution in [0.4, 0.5) is 20.7 Å². The number of carbonyl (C=O) groups excluding carboxylic acids is 2. The lowest BCUT2D eigenvalue weighted by atomic mass is 10.1. The number of hydrogen-bond donors (Lipinski definition) is 3. The SMILES string of the molecule is COc1ccc(-c2cnc3c(Nc4ccc(C(=O)NCCOCCNC(=O)OC(C)(C)C)c(Cl)c4)nccn23)cc1F. The van der Waals surface area contributed by atoms with Gasteiger partial charge in [0.25, 0.3) is 5.91 Å². The number of rotatable bonds is 11. The van der Waals surface area contributed by atoms with Gasteiger partial charge in [-0.25, -0.2) is 19.2 Å². The summed E-state index contributed by atoms with van der Waals surface area (Å²) in [6.45, 7) is 6.42. The number of hydrogen-bond acceptors (Lipinski definition) is 8. The van der Waals surface area contributed by atoms with Gasteiger partial charge in [0.1, 0.15) is 5.60 Å². The minimum atomic E-state index is -0.569. The number of alkyl carbamates (subject to hydrolysis) is 1. The first kappa shape index (κ1) is 30.5. The van der Waals surface area contributed by atoms with E-state index < -0.39 is 17.5 Å². The lowest BCUT2D eigenvalue weighted by molar-refractivity contribution is 0.0500. The van der Waals surface area contributed by atoms with Crippen molar-refractivity contribution >= 4 is 40.8 Å². The van der Waals surface area contributed by atoms with E-state index >= 15 is 0 Å². The monoisotopic (exact) mass is 598 g/mol. The lowest BCUT2D eigenvalue weighted by Gasteiger charge is -2.19. The van der Waals surface area contributed by atoms with Crippen LogP contribution in [-0.2, 0) is 9.47 Å². The molecule has 0 aliphatic rings. The highest BCUT2D eigenvalue weighted by molar-refractivity contribution is 6.34. The third-order valence-corrected chi connectivity index (χ3v) is 6.11. The quantitative estimate of drug-likeness (QED) is 0.201. The normalized spacial score (nSPS) is 11.3. The molecular formula is C29H32ClFN6O5. The summed E-state index contributed by atoms with van der Waals surface area (Å²) < 4.78 is 31.7. The van der Waals surface area contributed by atoms with Crippen LogP contribution in [0.3, 0.4) is 0 Å². The average Bonchev–Trinajstić information content (AvgIpc) is 3.37. The molecule has 13 heteroatoms. The van der Waals surface area contributed by atoms with E-state index in [2.05, 4.69) is 25.9 Å². The highest BCUT2D eigenvalue weighted by Crippen LogP contribution is 2.29. The Balaban J connectivity index is 1.31. The molecule has 4 rings (SSSR count). The molecule has 0 spiro atoms. The zero-order chi connectivity index (χ0) is 30.3. The summed E-state index contributed by atoms with van der Waals surface area (Å²) in [5.74, 6) is -0.226. The highest BCUT2D eigenvalue weighted by Gasteiger charge is 2.16. The molecule has 0 radical (unpaired) electrons. The fraction of sp³-hybridized carbons (Fsp3) is 0.310. The Morgan fingerprint density at radius 3 is 2.50 bits per heavy atom. The number of nitrogens with zero attached hydrogens (tertiary/aromatic N) is 3. The van der Waals surface area contributed by atoms with Gasteiger partial charge in [0.15, 0.2) is 23.0 Å². The summed E-state index contributed by atoms with van der Waals surface area (Å²) in [4.78, 5) is 33.1. The van der Waals surface area contributed by atoms with Crippen LogP contribution in [0.15, 0.2) is 55.0 Å². The van der Waals surface area contributed by atoms with Gasteiger partial charge in [-0.3, -0.25) is 9.20 Å². The van der Waals surface area contributed by atoms with Crippen molar-refractivity contribution in [2.75, 3.05) is 38.7 Å². The number of aromatic nitrogens is 3. The summed E-state index contributed by atoms with van der Waals surface area (Å²) in [5, 5.41) is 8.76. The number of imidazole rings is 1. The molecule has 4 aromatic rings. The third kappa shape index (κ3) is 7.86. The molecule has 0 atom stereocenters. The maximum Gasteiger partial charge on any atom is 0.407 e. The lowest BCUT2D eigenvalue weighted by Crippen LogP contribution is -2.34. The molecule has 11 nitrogen and oxygen atoms in total. The van der Waals surface area contributed by atoms with Gasteiger partial charge in [0.05, 0.1) is 42.8 Å². The van der Waals surface area contributed by atoms with Crippen LogP contribution < -0.4 is 20.7 Å². The standard InChI is InChI=1S/C29H32ClFN6O5/c1-29(2,3)42-28(39)34-11-14-41-13-10-33-27(38)20-7-6-19(16-21(20)30)36-25-26-35-17-23(37(26)12-9-32-25)18-5-8-24(40-4)22(31)15-18/h5-9,12,15-17H,10-11,13-14H2,1-4H3,(H,32,36)(H,33,38)(H,34,39). The van der Waals surface area contributed by atoms with Gasteiger partial charge >= 0.3 is 6.09 Å².